The molecule has 88 valence electrons. The molecule has 0 radical (unpaired) electrons. The molecule has 1 N–H and O–H groups in total. The molecule has 2 aromatic rings. The van der Waals surface area contributed by atoms with Gasteiger partial charge in [0.25, 0.3) is 5.56 Å². The summed E-state index contributed by atoms with van der Waals surface area (Å²) in [6, 6.07) is 8.26. The van der Waals surface area contributed by atoms with Gasteiger partial charge in [0.1, 0.15) is 11.5 Å². The van der Waals surface area contributed by atoms with E-state index in [-0.39, 0.29) is 11.3 Å². The van der Waals surface area contributed by atoms with Crippen molar-refractivity contribution in [2.24, 2.45) is 7.05 Å². The maximum atomic E-state index is 11.5. The van der Waals surface area contributed by atoms with Gasteiger partial charge in [-0.1, -0.05) is 0 Å². The fourth-order valence-electron chi connectivity index (χ4n) is 1.60. The molecule has 1 aromatic heterocycles. The molecule has 0 aliphatic rings. The summed E-state index contributed by atoms with van der Waals surface area (Å²) in [7, 11) is 3.21. The van der Waals surface area contributed by atoms with Crippen LogP contribution in [0.25, 0.3) is 11.1 Å². The largest absolute Gasteiger partial charge is 0.507 e. The molecule has 0 saturated carbocycles. The maximum Gasteiger partial charge on any atom is 0.250 e. The fourth-order valence-corrected chi connectivity index (χ4v) is 1.60. The standard InChI is InChI=1S/C13H13NO3/c1-14-6-5-9(7-13(14)16)11-4-3-10(17-2)8-12(11)15/h3-8,15H,1-2H3. The number of aromatic nitrogens is 1. The summed E-state index contributed by atoms with van der Waals surface area (Å²) >= 11 is 0. The van der Waals surface area contributed by atoms with Crippen molar-refractivity contribution in [1.82, 2.24) is 4.57 Å². The van der Waals surface area contributed by atoms with Crippen LogP contribution in [-0.4, -0.2) is 16.8 Å². The van der Waals surface area contributed by atoms with Gasteiger partial charge >= 0.3 is 0 Å². The number of pyridine rings is 1. The number of phenolic OH excluding ortho intramolecular Hbond substituents is 1. The van der Waals surface area contributed by atoms with E-state index in [1.165, 1.54) is 23.8 Å². The minimum Gasteiger partial charge on any atom is -0.507 e. The Bertz CT molecular complexity index is 602. The number of nitrogens with zero attached hydrogens (tertiary/aromatic N) is 1. The van der Waals surface area contributed by atoms with Gasteiger partial charge in [0.05, 0.1) is 7.11 Å². The smallest absolute Gasteiger partial charge is 0.250 e. The van der Waals surface area contributed by atoms with Crippen molar-refractivity contribution in [1.29, 1.82) is 0 Å². The second-order valence-electron chi connectivity index (χ2n) is 3.75. The fraction of sp³-hybridized carbons (Fsp3) is 0.154. The van der Waals surface area contributed by atoms with Crippen LogP contribution in [0.5, 0.6) is 11.5 Å². The summed E-state index contributed by atoms with van der Waals surface area (Å²) in [5.41, 5.74) is 1.19. The minimum atomic E-state index is -0.113. The summed E-state index contributed by atoms with van der Waals surface area (Å²) in [5, 5.41) is 9.85. The zero-order valence-electron chi connectivity index (χ0n) is 9.68. The number of hydrogen-bond acceptors (Lipinski definition) is 3. The van der Waals surface area contributed by atoms with Gasteiger partial charge < -0.3 is 14.4 Å². The monoisotopic (exact) mass is 231 g/mol. The third-order valence-electron chi connectivity index (χ3n) is 2.62. The van der Waals surface area contributed by atoms with Gasteiger partial charge in [-0.25, -0.2) is 0 Å². The summed E-state index contributed by atoms with van der Waals surface area (Å²) < 4.78 is 6.48. The Labute approximate surface area is 98.7 Å². The van der Waals surface area contributed by atoms with E-state index in [1.54, 1.807) is 31.4 Å². The highest BCUT2D eigenvalue weighted by Crippen LogP contribution is 2.31. The summed E-state index contributed by atoms with van der Waals surface area (Å²) in [6.45, 7) is 0. The maximum absolute atomic E-state index is 11.5. The molecule has 0 spiro atoms. The average molecular weight is 231 g/mol. The predicted molar refractivity (Wildman–Crippen MR) is 65.3 cm³/mol. The first-order valence-corrected chi connectivity index (χ1v) is 5.16. The molecule has 1 aromatic carbocycles. The molecule has 0 unspecified atom stereocenters. The van der Waals surface area contributed by atoms with Crippen molar-refractivity contribution in [2.75, 3.05) is 7.11 Å². The number of aryl methyl sites for hydroxylation is 1. The zero-order chi connectivity index (χ0) is 12.4. The number of aromatic hydroxyl groups is 1. The molecule has 0 fully saturated rings. The highest BCUT2D eigenvalue weighted by atomic mass is 16.5. The summed E-state index contributed by atoms with van der Waals surface area (Å²) in [4.78, 5) is 11.5. The topological polar surface area (TPSA) is 51.5 Å². The Hall–Kier alpha value is -2.23. The zero-order valence-corrected chi connectivity index (χ0v) is 9.68. The van der Waals surface area contributed by atoms with Crippen LogP contribution in [-0.2, 0) is 7.05 Å². The number of methoxy groups -OCH3 is 1. The molecule has 0 saturated heterocycles. The second kappa shape index (κ2) is 4.33. The molecule has 4 heteroatoms. The van der Waals surface area contributed by atoms with Crippen LogP contribution in [0.15, 0.2) is 41.3 Å². The molecule has 17 heavy (non-hydrogen) atoms. The lowest BCUT2D eigenvalue weighted by atomic mass is 10.1. The minimum absolute atomic E-state index is 0.0950. The van der Waals surface area contributed by atoms with E-state index in [0.29, 0.717) is 16.9 Å². The van der Waals surface area contributed by atoms with Crippen LogP contribution in [0.1, 0.15) is 0 Å². The highest BCUT2D eigenvalue weighted by molar-refractivity contribution is 5.70. The Morgan fingerprint density at radius 2 is 2.00 bits per heavy atom. The molecule has 2 rings (SSSR count). The van der Waals surface area contributed by atoms with Crippen molar-refractivity contribution in [3.8, 4) is 22.6 Å². The Morgan fingerprint density at radius 3 is 2.59 bits per heavy atom. The lowest BCUT2D eigenvalue weighted by Gasteiger charge is -2.07. The van der Waals surface area contributed by atoms with Gasteiger partial charge in [0.2, 0.25) is 0 Å². The van der Waals surface area contributed by atoms with Crippen molar-refractivity contribution in [2.45, 2.75) is 0 Å². The molecular weight excluding hydrogens is 218 g/mol. The first kappa shape index (κ1) is 11.3. The van der Waals surface area contributed by atoms with Crippen molar-refractivity contribution < 1.29 is 9.84 Å². The van der Waals surface area contributed by atoms with Crippen LogP contribution < -0.4 is 10.3 Å². The second-order valence-corrected chi connectivity index (χ2v) is 3.75. The van der Waals surface area contributed by atoms with E-state index in [4.69, 9.17) is 4.74 Å². The Morgan fingerprint density at radius 1 is 1.24 bits per heavy atom. The molecule has 0 aliphatic carbocycles. The molecule has 0 bridgehead atoms. The van der Waals surface area contributed by atoms with Crippen molar-refractivity contribution >= 4 is 0 Å². The molecular formula is C13H13NO3. The van der Waals surface area contributed by atoms with Crippen molar-refractivity contribution in [3.05, 3.63) is 46.9 Å². The summed E-state index contributed by atoms with van der Waals surface area (Å²) in [5.74, 6) is 0.674. The Balaban J connectivity index is 2.53. The molecule has 0 aliphatic heterocycles. The number of hydrogen-bond donors (Lipinski definition) is 1. The van der Waals surface area contributed by atoms with Crippen molar-refractivity contribution in [3.63, 3.8) is 0 Å². The number of benzene rings is 1. The third-order valence-corrected chi connectivity index (χ3v) is 2.62. The third kappa shape index (κ3) is 2.15. The van der Waals surface area contributed by atoms with Gasteiger partial charge in [-0.05, 0) is 23.8 Å². The highest BCUT2D eigenvalue weighted by Gasteiger charge is 2.06. The molecule has 1 heterocycles. The van der Waals surface area contributed by atoms with Crippen LogP contribution in [0.3, 0.4) is 0 Å². The van der Waals surface area contributed by atoms with Crippen LogP contribution in [0, 0.1) is 0 Å². The lowest BCUT2D eigenvalue weighted by molar-refractivity contribution is 0.408. The van der Waals surface area contributed by atoms with E-state index >= 15 is 0 Å². The number of ether oxygens (including phenoxy) is 1. The number of phenols is 1. The van der Waals surface area contributed by atoms with Crippen LogP contribution in [0.4, 0.5) is 0 Å². The van der Waals surface area contributed by atoms with Crippen LogP contribution >= 0.6 is 0 Å². The normalized spacial score (nSPS) is 10.2. The van der Waals surface area contributed by atoms with E-state index in [2.05, 4.69) is 0 Å². The van der Waals surface area contributed by atoms with Gasteiger partial charge in [0.15, 0.2) is 0 Å². The number of rotatable bonds is 2. The van der Waals surface area contributed by atoms with E-state index < -0.39 is 0 Å². The molecule has 4 nitrogen and oxygen atoms in total. The van der Waals surface area contributed by atoms with Gasteiger partial charge in [-0.2, -0.15) is 0 Å². The van der Waals surface area contributed by atoms with E-state index in [9.17, 15) is 9.90 Å². The SMILES string of the molecule is COc1ccc(-c2ccn(C)c(=O)c2)c(O)c1. The van der Waals surface area contributed by atoms with E-state index in [0.717, 1.165) is 0 Å². The van der Waals surface area contributed by atoms with Gasteiger partial charge in [-0.15, -0.1) is 0 Å². The lowest BCUT2D eigenvalue weighted by Crippen LogP contribution is -2.14. The van der Waals surface area contributed by atoms with Gasteiger partial charge in [-0.3, -0.25) is 4.79 Å². The molecule has 0 amide bonds. The first-order chi connectivity index (χ1) is 8.11. The van der Waals surface area contributed by atoms with Crippen LogP contribution in [0.2, 0.25) is 0 Å². The average Bonchev–Trinajstić information content (AvgIpc) is 2.32. The van der Waals surface area contributed by atoms with E-state index in [1.807, 2.05) is 0 Å². The molecule has 0 atom stereocenters. The summed E-state index contributed by atoms with van der Waals surface area (Å²) in [6.07, 6.45) is 1.67. The predicted octanol–water partition coefficient (Wildman–Crippen LogP) is 1.77. The quantitative estimate of drug-likeness (QED) is 0.856. The Kier molecular flexibility index (Phi) is 2.87. The first-order valence-electron chi connectivity index (χ1n) is 5.16. The van der Waals surface area contributed by atoms with Gasteiger partial charge in [0, 0.05) is 30.9 Å².